The van der Waals surface area contributed by atoms with Crippen LogP contribution in [0.1, 0.15) is 48.3 Å². The number of nitrogens with two attached hydrogens (primary N) is 2. The van der Waals surface area contributed by atoms with Gasteiger partial charge in [0.1, 0.15) is 36.3 Å². The molecule has 22 heteroatoms. The first kappa shape index (κ1) is 45.9. The summed E-state index contributed by atoms with van der Waals surface area (Å²) in [7, 11) is 2.00. The molecule has 12 N–H and O–H groups in total. The van der Waals surface area contributed by atoms with E-state index in [1.807, 2.05) is 0 Å². The third-order valence-corrected chi connectivity index (χ3v) is 11.7. The molecule has 0 unspecified atom stereocenters. The molecule has 2 aromatic heterocycles. The molecule has 0 saturated heterocycles. The fourth-order valence-corrected chi connectivity index (χ4v) is 8.38. The van der Waals surface area contributed by atoms with Crippen LogP contribution in [0.2, 0.25) is 0 Å². The number of nitrogens with one attached hydrogen (secondary N) is 4. The van der Waals surface area contributed by atoms with E-state index in [1.54, 1.807) is 35.0 Å². The van der Waals surface area contributed by atoms with Crippen molar-refractivity contribution in [2.24, 2.45) is 11.5 Å². The van der Waals surface area contributed by atoms with Gasteiger partial charge < -0.3 is 53.2 Å². The molecule has 6 atom stereocenters. The van der Waals surface area contributed by atoms with Crippen molar-refractivity contribution < 1.29 is 58.8 Å². The smallest absolute Gasteiger partial charge is 0.326 e. The number of aliphatic carboxylic acids is 4. The summed E-state index contributed by atoms with van der Waals surface area (Å²) >= 11 is 2.60. The van der Waals surface area contributed by atoms with Crippen molar-refractivity contribution in [2.75, 3.05) is 11.5 Å². The summed E-state index contributed by atoms with van der Waals surface area (Å²) in [5.74, 6) is -8.26. The number of rotatable bonds is 27. The van der Waals surface area contributed by atoms with Crippen LogP contribution in [-0.2, 0) is 51.2 Å². The molecule has 0 aliphatic carbocycles. The van der Waals surface area contributed by atoms with E-state index in [0.717, 1.165) is 21.6 Å². The zero-order valence-electron chi connectivity index (χ0n) is 28.8. The highest BCUT2D eigenvalue weighted by molar-refractivity contribution is 8.76. The van der Waals surface area contributed by atoms with Gasteiger partial charge in [0.2, 0.25) is 23.6 Å². The van der Waals surface area contributed by atoms with Crippen LogP contribution in [-0.4, -0.2) is 116 Å². The highest BCUT2D eigenvalue weighted by Crippen LogP contribution is 2.24. The molecule has 298 valence electrons. The summed E-state index contributed by atoms with van der Waals surface area (Å²) in [5, 5.41) is 51.0. The third-order valence-electron chi connectivity index (χ3n) is 7.53. The minimum atomic E-state index is -1.33. The average Bonchev–Trinajstić information content (AvgIpc) is 3.82. The van der Waals surface area contributed by atoms with Crippen molar-refractivity contribution in [2.45, 2.75) is 87.6 Å². The first-order valence-electron chi connectivity index (χ1n) is 16.5. The largest absolute Gasteiger partial charge is 0.480 e. The SMILES string of the molecule is N[C@@H](CCCC(=O)N[C@@H](CSSC[C@H](NC(=O)CCC[C@H](N)C(=O)O)C(=O)N[C@@H](Cc1cccs1)C(=O)O)C(=O)N[C@@H](Cc1cccs1)C(=O)O)C(=O)O. The van der Waals surface area contributed by atoms with Crippen molar-refractivity contribution in [1.82, 2.24) is 21.3 Å². The van der Waals surface area contributed by atoms with Crippen LogP contribution < -0.4 is 32.7 Å². The van der Waals surface area contributed by atoms with Gasteiger partial charge in [-0.25, -0.2) is 9.59 Å². The summed E-state index contributed by atoms with van der Waals surface area (Å²) < 4.78 is 0. The molecular formula is C32H44N6O12S4. The lowest BCUT2D eigenvalue weighted by Crippen LogP contribution is -2.53. The number of hydrogen-bond donors (Lipinski definition) is 10. The first-order valence-corrected chi connectivity index (χ1v) is 20.7. The Labute approximate surface area is 326 Å². The van der Waals surface area contributed by atoms with E-state index < -0.39 is 83.8 Å². The highest BCUT2D eigenvalue weighted by Gasteiger charge is 2.30. The van der Waals surface area contributed by atoms with Gasteiger partial charge in [0.05, 0.1) is 0 Å². The Morgan fingerprint density at radius 2 is 0.944 bits per heavy atom. The summed E-state index contributed by atoms with van der Waals surface area (Å²) in [5.41, 5.74) is 11.0. The Morgan fingerprint density at radius 3 is 1.24 bits per heavy atom. The van der Waals surface area contributed by atoms with Crippen LogP contribution in [0.25, 0.3) is 0 Å². The molecule has 0 saturated carbocycles. The molecular weight excluding hydrogens is 789 g/mol. The molecule has 18 nitrogen and oxygen atoms in total. The number of carboxylic acids is 4. The lowest BCUT2D eigenvalue weighted by Gasteiger charge is -2.23. The van der Waals surface area contributed by atoms with Crippen molar-refractivity contribution in [3.63, 3.8) is 0 Å². The Bertz CT molecular complexity index is 1450. The van der Waals surface area contributed by atoms with Crippen LogP contribution in [0.4, 0.5) is 0 Å². The lowest BCUT2D eigenvalue weighted by atomic mass is 10.1. The predicted molar refractivity (Wildman–Crippen MR) is 203 cm³/mol. The predicted octanol–water partition coefficient (Wildman–Crippen LogP) is 0.249. The number of amides is 4. The molecule has 2 aromatic rings. The van der Waals surface area contributed by atoms with Crippen molar-refractivity contribution in [1.29, 1.82) is 0 Å². The standard InChI is InChI=1S/C32H44N6O12S4/c33-19(29(43)44)7-1-9-25(39)35-23(27(41)37-21(31(47)48)13-17-5-3-11-51-17)15-53-54-16-24(36-26(40)10-2-8-20(34)30(45)46)28(42)38-22(32(49)50)14-18-6-4-12-52-18/h3-6,11-12,19-24H,1-2,7-10,13-16,33-34H2,(H,35,39)(H,36,40)(H,37,41)(H,38,42)(H,43,44)(H,45,46)(H,47,48)(H,49,50)/t19-,20-,21-,22-,23-,24-/m0/s1. The average molecular weight is 833 g/mol. The summed E-state index contributed by atoms with van der Waals surface area (Å²) in [6.07, 6.45) is -0.228. The van der Waals surface area contributed by atoms with Gasteiger partial charge in [0, 0.05) is 46.9 Å². The maximum absolute atomic E-state index is 13.4. The van der Waals surface area contributed by atoms with E-state index in [4.69, 9.17) is 21.7 Å². The molecule has 0 radical (unpaired) electrons. The molecule has 4 amide bonds. The van der Waals surface area contributed by atoms with Gasteiger partial charge in [0.25, 0.3) is 0 Å². The van der Waals surface area contributed by atoms with Crippen molar-refractivity contribution in [3.8, 4) is 0 Å². The second-order valence-electron chi connectivity index (χ2n) is 11.8. The van der Waals surface area contributed by atoms with E-state index in [0.29, 0.717) is 9.75 Å². The fourth-order valence-electron chi connectivity index (χ4n) is 4.55. The molecule has 54 heavy (non-hydrogen) atoms. The van der Waals surface area contributed by atoms with Gasteiger partial charge in [-0.05, 0) is 48.6 Å². The Kier molecular flexibility index (Phi) is 20.6. The van der Waals surface area contributed by atoms with E-state index in [-0.39, 0.29) is 62.9 Å². The summed E-state index contributed by atoms with van der Waals surface area (Å²) in [6.45, 7) is 0. The van der Waals surface area contributed by atoms with Gasteiger partial charge in [-0.3, -0.25) is 28.8 Å². The van der Waals surface area contributed by atoms with Gasteiger partial charge in [-0.2, -0.15) is 0 Å². The Balaban J connectivity index is 2.15. The van der Waals surface area contributed by atoms with Crippen LogP contribution in [0.5, 0.6) is 0 Å². The van der Waals surface area contributed by atoms with Gasteiger partial charge in [0.15, 0.2) is 0 Å². The summed E-state index contributed by atoms with van der Waals surface area (Å²) in [4.78, 5) is 99.7. The van der Waals surface area contributed by atoms with Crippen molar-refractivity contribution in [3.05, 3.63) is 44.8 Å². The molecule has 0 aromatic carbocycles. The maximum atomic E-state index is 13.4. The molecule has 0 spiro atoms. The Hall–Kier alpha value is -4.22. The summed E-state index contributed by atoms with van der Waals surface area (Å²) in [6, 6.07) is -0.729. The maximum Gasteiger partial charge on any atom is 0.326 e. The highest BCUT2D eigenvalue weighted by atomic mass is 33.1. The van der Waals surface area contributed by atoms with Crippen LogP contribution in [0.15, 0.2) is 35.0 Å². The molecule has 0 aliphatic rings. The normalized spacial score (nSPS) is 14.3. The molecule has 2 rings (SSSR count). The van der Waals surface area contributed by atoms with Gasteiger partial charge in [-0.1, -0.05) is 33.7 Å². The van der Waals surface area contributed by atoms with E-state index >= 15 is 0 Å². The number of thiophene rings is 2. The number of carboxylic acid groups (broad SMARTS) is 4. The third kappa shape index (κ3) is 17.7. The quantitative estimate of drug-likeness (QED) is 0.0426. The van der Waals surface area contributed by atoms with Gasteiger partial charge in [-0.15, -0.1) is 22.7 Å². The number of carbonyl (C=O) groups is 8. The minimum Gasteiger partial charge on any atom is -0.480 e. The molecule has 0 bridgehead atoms. The first-order chi connectivity index (χ1) is 25.6. The van der Waals surface area contributed by atoms with E-state index in [2.05, 4.69) is 21.3 Å². The fraction of sp³-hybridized carbons (Fsp3) is 0.500. The van der Waals surface area contributed by atoms with E-state index in [1.165, 1.54) is 22.7 Å². The Morgan fingerprint density at radius 1 is 0.574 bits per heavy atom. The second-order valence-corrected chi connectivity index (χ2v) is 16.5. The van der Waals surface area contributed by atoms with Gasteiger partial charge >= 0.3 is 23.9 Å². The topological polar surface area (TPSA) is 318 Å². The lowest BCUT2D eigenvalue weighted by molar-refractivity contribution is -0.142. The van der Waals surface area contributed by atoms with Crippen LogP contribution in [0.3, 0.4) is 0 Å². The zero-order chi connectivity index (χ0) is 40.2. The molecule has 0 aliphatic heterocycles. The van der Waals surface area contributed by atoms with Crippen LogP contribution in [0, 0.1) is 0 Å². The van der Waals surface area contributed by atoms with E-state index in [9.17, 15) is 48.6 Å². The zero-order valence-corrected chi connectivity index (χ0v) is 32.1. The second kappa shape index (κ2) is 24.2. The number of carbonyl (C=O) groups excluding carboxylic acids is 4. The molecule has 0 fully saturated rings. The minimum absolute atomic E-state index is 0.0102. The monoisotopic (exact) mass is 832 g/mol. The molecule has 2 heterocycles. The van der Waals surface area contributed by atoms with Crippen molar-refractivity contribution >= 4 is 91.8 Å². The number of hydrogen-bond acceptors (Lipinski definition) is 14. The van der Waals surface area contributed by atoms with Crippen LogP contribution >= 0.6 is 44.3 Å².